The molecule has 1 saturated heterocycles. The highest BCUT2D eigenvalue weighted by Gasteiger charge is 2.43. The molecule has 1 aromatic carbocycles. The van der Waals surface area contributed by atoms with E-state index in [1.165, 1.54) is 43.4 Å². The minimum atomic E-state index is 0.615. The first-order valence-electron chi connectivity index (χ1n) is 9.94. The van der Waals surface area contributed by atoms with Gasteiger partial charge in [0.25, 0.3) is 0 Å². The van der Waals surface area contributed by atoms with E-state index in [1.807, 2.05) is 7.05 Å². The van der Waals surface area contributed by atoms with Gasteiger partial charge >= 0.3 is 0 Å². The molecule has 138 valence electrons. The van der Waals surface area contributed by atoms with Gasteiger partial charge < -0.3 is 10.2 Å². The third-order valence-corrected chi connectivity index (χ3v) is 6.14. The number of nitrogens with one attached hydrogen (secondary N) is 1. The van der Waals surface area contributed by atoms with Gasteiger partial charge in [0.15, 0.2) is 5.96 Å². The minimum absolute atomic E-state index is 0.615. The first-order valence-corrected chi connectivity index (χ1v) is 9.94. The maximum Gasteiger partial charge on any atom is 0.193 e. The van der Waals surface area contributed by atoms with Crippen molar-refractivity contribution >= 4 is 5.96 Å². The van der Waals surface area contributed by atoms with Crippen LogP contribution in [-0.4, -0.2) is 49.0 Å². The standard InChI is InChI=1S/C21H34N4/c1-4-24(5-2)16-19-9-7-18(8-10-19)15-23-20(22-3)25-14-13-21(17-25)11-6-12-21/h7-10H,4-6,11-17H2,1-3H3,(H,22,23). The number of nitrogens with zero attached hydrogens (tertiary/aromatic N) is 3. The van der Waals surface area contributed by atoms with Gasteiger partial charge in [-0.05, 0) is 48.9 Å². The van der Waals surface area contributed by atoms with Crippen LogP contribution in [0.1, 0.15) is 50.7 Å². The van der Waals surface area contributed by atoms with Crippen LogP contribution < -0.4 is 5.32 Å². The molecule has 0 amide bonds. The number of hydrogen-bond acceptors (Lipinski definition) is 2. The van der Waals surface area contributed by atoms with E-state index in [9.17, 15) is 0 Å². The Morgan fingerprint density at radius 1 is 1.12 bits per heavy atom. The van der Waals surface area contributed by atoms with Crippen LogP contribution in [-0.2, 0) is 13.1 Å². The Balaban J connectivity index is 1.50. The number of benzene rings is 1. The molecule has 3 rings (SSSR count). The molecule has 1 spiro atoms. The summed E-state index contributed by atoms with van der Waals surface area (Å²) in [6.07, 6.45) is 5.58. The van der Waals surface area contributed by atoms with Crippen molar-refractivity contribution < 1.29 is 0 Å². The topological polar surface area (TPSA) is 30.9 Å². The molecule has 0 unspecified atom stereocenters. The Morgan fingerprint density at radius 3 is 2.32 bits per heavy atom. The highest BCUT2D eigenvalue weighted by atomic mass is 15.3. The van der Waals surface area contributed by atoms with Gasteiger partial charge in [-0.1, -0.05) is 44.5 Å². The Hall–Kier alpha value is -1.55. The smallest absolute Gasteiger partial charge is 0.193 e. The molecule has 0 aromatic heterocycles. The first-order chi connectivity index (χ1) is 12.2. The third kappa shape index (κ3) is 4.35. The van der Waals surface area contributed by atoms with E-state index in [2.05, 4.69) is 58.2 Å². The molecule has 2 fully saturated rings. The summed E-state index contributed by atoms with van der Waals surface area (Å²) >= 11 is 0. The molecule has 4 heteroatoms. The van der Waals surface area contributed by atoms with Crippen molar-refractivity contribution in [3.8, 4) is 0 Å². The predicted molar refractivity (Wildman–Crippen MR) is 106 cm³/mol. The normalized spacial score (nSPS) is 19.5. The Kier molecular flexibility index (Phi) is 6.00. The average molecular weight is 343 g/mol. The molecule has 1 heterocycles. The number of aliphatic imine (C=N–C) groups is 1. The third-order valence-electron chi connectivity index (χ3n) is 6.14. The summed E-state index contributed by atoms with van der Waals surface area (Å²) in [7, 11) is 1.90. The van der Waals surface area contributed by atoms with E-state index in [-0.39, 0.29) is 0 Å². The van der Waals surface area contributed by atoms with Crippen molar-refractivity contribution in [2.24, 2.45) is 10.4 Å². The van der Waals surface area contributed by atoms with Gasteiger partial charge in [-0.3, -0.25) is 9.89 Å². The Bertz CT molecular complexity index is 570. The van der Waals surface area contributed by atoms with Crippen LogP contribution >= 0.6 is 0 Å². The summed E-state index contributed by atoms with van der Waals surface area (Å²) in [5.41, 5.74) is 3.33. The quantitative estimate of drug-likeness (QED) is 0.634. The van der Waals surface area contributed by atoms with Crippen LogP contribution in [0.4, 0.5) is 0 Å². The predicted octanol–water partition coefficient (Wildman–Crippen LogP) is 3.48. The fourth-order valence-electron chi connectivity index (χ4n) is 4.18. The Labute approximate surface area is 153 Å². The molecule has 0 radical (unpaired) electrons. The highest BCUT2D eigenvalue weighted by molar-refractivity contribution is 5.80. The first kappa shape index (κ1) is 18.2. The van der Waals surface area contributed by atoms with Gasteiger partial charge in [0, 0.05) is 33.2 Å². The molecule has 25 heavy (non-hydrogen) atoms. The Morgan fingerprint density at radius 2 is 1.80 bits per heavy atom. The number of hydrogen-bond donors (Lipinski definition) is 1. The lowest BCUT2D eigenvalue weighted by molar-refractivity contribution is 0.151. The molecule has 0 bridgehead atoms. The van der Waals surface area contributed by atoms with Crippen LogP contribution in [0.2, 0.25) is 0 Å². The van der Waals surface area contributed by atoms with Gasteiger partial charge in [-0.2, -0.15) is 0 Å². The maximum atomic E-state index is 4.51. The molecule has 4 nitrogen and oxygen atoms in total. The van der Waals surface area contributed by atoms with Gasteiger partial charge in [-0.25, -0.2) is 0 Å². The zero-order valence-electron chi connectivity index (χ0n) is 16.2. The maximum absolute atomic E-state index is 4.51. The van der Waals surface area contributed by atoms with E-state index in [4.69, 9.17) is 0 Å². The fraction of sp³-hybridized carbons (Fsp3) is 0.667. The van der Waals surface area contributed by atoms with Crippen LogP contribution in [0.25, 0.3) is 0 Å². The van der Waals surface area contributed by atoms with Crippen LogP contribution in [0, 0.1) is 5.41 Å². The van der Waals surface area contributed by atoms with E-state index in [0.717, 1.165) is 38.7 Å². The van der Waals surface area contributed by atoms with Gasteiger partial charge in [0.05, 0.1) is 0 Å². The highest BCUT2D eigenvalue weighted by Crippen LogP contribution is 2.47. The lowest BCUT2D eigenvalue weighted by Gasteiger charge is -2.38. The number of rotatable bonds is 6. The van der Waals surface area contributed by atoms with Gasteiger partial charge in [-0.15, -0.1) is 0 Å². The molecule has 1 aliphatic heterocycles. The zero-order chi connectivity index (χ0) is 17.7. The second-order valence-electron chi connectivity index (χ2n) is 7.70. The average Bonchev–Trinajstić information content (AvgIpc) is 3.07. The van der Waals surface area contributed by atoms with Crippen molar-refractivity contribution in [2.45, 2.75) is 52.6 Å². The second kappa shape index (κ2) is 8.22. The van der Waals surface area contributed by atoms with Gasteiger partial charge in [0.2, 0.25) is 0 Å². The summed E-state index contributed by atoms with van der Waals surface area (Å²) in [5.74, 6) is 1.07. The SMILES string of the molecule is CCN(CC)Cc1ccc(CNC(=NC)N2CCC3(CCC3)C2)cc1. The van der Waals surface area contributed by atoms with E-state index < -0.39 is 0 Å². The largest absolute Gasteiger partial charge is 0.352 e. The summed E-state index contributed by atoms with van der Waals surface area (Å²) in [5, 5.41) is 3.56. The molecule has 1 aliphatic carbocycles. The van der Waals surface area contributed by atoms with Crippen LogP contribution in [0.3, 0.4) is 0 Å². The molecule has 2 aliphatic rings. The minimum Gasteiger partial charge on any atom is -0.352 e. The number of guanidine groups is 1. The molecule has 1 aromatic rings. The summed E-state index contributed by atoms with van der Waals surface area (Å²) < 4.78 is 0. The van der Waals surface area contributed by atoms with E-state index in [0.29, 0.717) is 5.41 Å². The van der Waals surface area contributed by atoms with Crippen molar-refractivity contribution in [1.29, 1.82) is 0 Å². The van der Waals surface area contributed by atoms with E-state index >= 15 is 0 Å². The summed E-state index contributed by atoms with van der Waals surface area (Å²) in [6, 6.07) is 9.02. The lowest BCUT2D eigenvalue weighted by atomic mass is 9.68. The molecular formula is C21H34N4. The van der Waals surface area contributed by atoms with Crippen molar-refractivity contribution in [3.63, 3.8) is 0 Å². The van der Waals surface area contributed by atoms with Crippen LogP contribution in [0.5, 0.6) is 0 Å². The molecule has 0 atom stereocenters. The second-order valence-corrected chi connectivity index (χ2v) is 7.70. The summed E-state index contributed by atoms with van der Waals surface area (Å²) in [4.78, 5) is 9.41. The molecule has 1 saturated carbocycles. The number of likely N-dealkylation sites (tertiary alicyclic amines) is 1. The monoisotopic (exact) mass is 342 g/mol. The zero-order valence-corrected chi connectivity index (χ0v) is 16.2. The molecular weight excluding hydrogens is 308 g/mol. The van der Waals surface area contributed by atoms with Crippen molar-refractivity contribution in [2.75, 3.05) is 33.2 Å². The fourth-order valence-corrected chi connectivity index (χ4v) is 4.18. The van der Waals surface area contributed by atoms with Crippen LogP contribution in [0.15, 0.2) is 29.3 Å². The van der Waals surface area contributed by atoms with Gasteiger partial charge in [0.1, 0.15) is 0 Å². The van der Waals surface area contributed by atoms with Crippen molar-refractivity contribution in [1.82, 2.24) is 15.1 Å². The lowest BCUT2D eigenvalue weighted by Crippen LogP contribution is -2.42. The summed E-state index contributed by atoms with van der Waals surface area (Å²) in [6.45, 7) is 10.9. The van der Waals surface area contributed by atoms with E-state index in [1.54, 1.807) is 0 Å². The molecule has 1 N–H and O–H groups in total. The van der Waals surface area contributed by atoms with Crippen molar-refractivity contribution in [3.05, 3.63) is 35.4 Å².